The number of hydrogen-bond acceptors (Lipinski definition) is 6. The molecule has 1 aliphatic rings. The fourth-order valence-electron chi connectivity index (χ4n) is 3.42. The van der Waals surface area contributed by atoms with E-state index in [0.717, 1.165) is 27.7 Å². The Kier molecular flexibility index (Phi) is 9.45. The maximum atomic E-state index is 9.38. The third-order valence-electron chi connectivity index (χ3n) is 5.48. The summed E-state index contributed by atoms with van der Waals surface area (Å²) in [6.45, 7) is 6.50. The van der Waals surface area contributed by atoms with Crippen LogP contribution in [-0.2, 0) is 4.74 Å². The normalized spacial score (nSPS) is 14.3. The number of phenols is 1. The van der Waals surface area contributed by atoms with Crippen LogP contribution < -0.4 is 9.47 Å². The number of aromatic hydroxyl groups is 1. The lowest BCUT2D eigenvalue weighted by Gasteiger charge is -2.22. The molecule has 4 rings (SSSR count). The van der Waals surface area contributed by atoms with Gasteiger partial charge in [0.1, 0.15) is 30.5 Å². The van der Waals surface area contributed by atoms with Gasteiger partial charge in [-0.05, 0) is 84.6 Å². The molecule has 0 fully saturated rings. The van der Waals surface area contributed by atoms with E-state index < -0.39 is 0 Å². The molecule has 4 nitrogen and oxygen atoms in total. The Labute approximate surface area is 222 Å². The summed E-state index contributed by atoms with van der Waals surface area (Å²) >= 11 is 3.42. The van der Waals surface area contributed by atoms with Crippen LogP contribution in [0.15, 0.2) is 111 Å². The number of phenolic OH excluding ortho intramolecular Hbond substituents is 1. The van der Waals surface area contributed by atoms with Gasteiger partial charge in [-0.3, -0.25) is 0 Å². The zero-order chi connectivity index (χ0) is 25.2. The van der Waals surface area contributed by atoms with Crippen LogP contribution in [0.3, 0.4) is 0 Å². The fraction of sp³-hybridized carbons (Fsp3) is 0.267. The number of allylic oxidation sites excluding steroid dienone is 3. The van der Waals surface area contributed by atoms with Crippen LogP contribution >= 0.6 is 23.5 Å². The minimum absolute atomic E-state index is 0.261. The van der Waals surface area contributed by atoms with Crippen molar-refractivity contribution < 1.29 is 19.3 Å². The van der Waals surface area contributed by atoms with E-state index >= 15 is 0 Å². The topological polar surface area (TPSA) is 47.9 Å². The molecule has 3 aromatic rings. The van der Waals surface area contributed by atoms with Crippen molar-refractivity contribution in [1.29, 1.82) is 0 Å². The molecule has 0 heterocycles. The summed E-state index contributed by atoms with van der Waals surface area (Å²) in [6, 6.07) is 23.3. The highest BCUT2D eigenvalue weighted by atomic mass is 32.2. The molecule has 1 N–H and O–H groups in total. The molecule has 1 aliphatic carbocycles. The standard InChI is InChI=1S/C30H32O4S2/c1-30(2)17-15-29(16-18-30)36-28-13-7-25(8-14-28)34-22-20-32-19-21-33-24-5-11-27(12-6-24)35-26-9-3-23(31)4-10-26/h3-17,31H,18-22H2,1-2H3. The highest BCUT2D eigenvalue weighted by Gasteiger charge is 2.16. The molecule has 0 saturated heterocycles. The minimum atomic E-state index is 0.261. The lowest BCUT2D eigenvalue weighted by molar-refractivity contribution is 0.0764. The summed E-state index contributed by atoms with van der Waals surface area (Å²) in [6.07, 6.45) is 7.89. The van der Waals surface area contributed by atoms with Gasteiger partial charge in [-0.1, -0.05) is 55.6 Å². The molecule has 0 radical (unpaired) electrons. The molecule has 0 spiro atoms. The van der Waals surface area contributed by atoms with Crippen molar-refractivity contribution in [3.63, 3.8) is 0 Å². The lowest BCUT2D eigenvalue weighted by Crippen LogP contribution is -2.12. The molecule has 0 atom stereocenters. The average molecular weight is 521 g/mol. The Balaban J connectivity index is 1.07. The summed E-state index contributed by atoms with van der Waals surface area (Å²) in [4.78, 5) is 4.69. The molecule has 188 valence electrons. The zero-order valence-electron chi connectivity index (χ0n) is 20.7. The Bertz CT molecular complexity index is 1150. The van der Waals surface area contributed by atoms with Gasteiger partial charge in [-0.2, -0.15) is 0 Å². The quantitative estimate of drug-likeness (QED) is 0.244. The van der Waals surface area contributed by atoms with Crippen molar-refractivity contribution in [1.82, 2.24) is 0 Å². The van der Waals surface area contributed by atoms with Crippen LogP contribution in [0.5, 0.6) is 17.2 Å². The van der Waals surface area contributed by atoms with Gasteiger partial charge < -0.3 is 19.3 Å². The van der Waals surface area contributed by atoms with Crippen molar-refractivity contribution in [2.24, 2.45) is 5.41 Å². The van der Waals surface area contributed by atoms with Gasteiger partial charge in [0.2, 0.25) is 0 Å². The molecule has 3 aromatic carbocycles. The smallest absolute Gasteiger partial charge is 0.119 e. The molecule has 0 aliphatic heterocycles. The van der Waals surface area contributed by atoms with Gasteiger partial charge in [0.15, 0.2) is 0 Å². The minimum Gasteiger partial charge on any atom is -0.508 e. The highest BCUT2D eigenvalue weighted by molar-refractivity contribution is 8.03. The second kappa shape index (κ2) is 12.9. The Morgan fingerprint density at radius 1 is 0.694 bits per heavy atom. The molecule has 6 heteroatoms. The summed E-state index contributed by atoms with van der Waals surface area (Å²) in [5.41, 5.74) is 0.261. The monoisotopic (exact) mass is 520 g/mol. The van der Waals surface area contributed by atoms with Crippen molar-refractivity contribution in [3.05, 3.63) is 95.9 Å². The van der Waals surface area contributed by atoms with Crippen LogP contribution in [-0.4, -0.2) is 31.5 Å². The van der Waals surface area contributed by atoms with E-state index in [1.54, 1.807) is 35.7 Å². The van der Waals surface area contributed by atoms with Gasteiger partial charge in [0, 0.05) is 19.6 Å². The second-order valence-corrected chi connectivity index (χ2v) is 11.4. The largest absolute Gasteiger partial charge is 0.508 e. The van der Waals surface area contributed by atoms with Crippen LogP contribution in [0, 0.1) is 5.41 Å². The van der Waals surface area contributed by atoms with E-state index in [4.69, 9.17) is 14.2 Å². The van der Waals surface area contributed by atoms with Gasteiger partial charge in [0.05, 0.1) is 13.2 Å². The van der Waals surface area contributed by atoms with E-state index in [1.165, 1.54) is 9.80 Å². The average Bonchev–Trinajstić information content (AvgIpc) is 2.88. The van der Waals surface area contributed by atoms with E-state index in [2.05, 4.69) is 44.2 Å². The van der Waals surface area contributed by atoms with E-state index in [0.29, 0.717) is 26.4 Å². The molecule has 0 amide bonds. The van der Waals surface area contributed by atoms with Gasteiger partial charge in [0.25, 0.3) is 0 Å². The number of thioether (sulfide) groups is 1. The van der Waals surface area contributed by atoms with Crippen LogP contribution in [0.2, 0.25) is 0 Å². The summed E-state index contributed by atoms with van der Waals surface area (Å²) in [5.74, 6) is 1.93. The Hall–Kier alpha value is -2.80. The Morgan fingerprint density at radius 2 is 1.19 bits per heavy atom. The predicted octanol–water partition coefficient (Wildman–Crippen LogP) is 7.98. The molecule has 0 unspecified atom stereocenters. The SMILES string of the molecule is CC1(C)C=CC(Sc2ccc(OCCOCCOc3ccc(Sc4ccc(O)cc4)cc3)cc2)=CC1. The van der Waals surface area contributed by atoms with E-state index in [1.807, 2.05) is 48.5 Å². The number of ether oxygens (including phenoxy) is 3. The summed E-state index contributed by atoms with van der Waals surface area (Å²) in [5, 5.41) is 9.38. The molecule has 36 heavy (non-hydrogen) atoms. The second-order valence-electron chi connectivity index (χ2n) is 9.08. The number of benzene rings is 3. The molecule has 0 bridgehead atoms. The first-order valence-corrected chi connectivity index (χ1v) is 13.7. The van der Waals surface area contributed by atoms with Crippen molar-refractivity contribution in [2.75, 3.05) is 26.4 Å². The first kappa shape index (κ1) is 26.3. The fourth-order valence-corrected chi connectivity index (χ4v) is 5.08. The van der Waals surface area contributed by atoms with E-state index in [9.17, 15) is 5.11 Å². The molecule has 0 aromatic heterocycles. The molecule has 0 saturated carbocycles. The van der Waals surface area contributed by atoms with Crippen molar-refractivity contribution >= 4 is 23.5 Å². The van der Waals surface area contributed by atoms with Crippen LogP contribution in [0.4, 0.5) is 0 Å². The van der Waals surface area contributed by atoms with Crippen LogP contribution in [0.1, 0.15) is 20.3 Å². The zero-order valence-corrected chi connectivity index (χ0v) is 22.3. The maximum Gasteiger partial charge on any atom is 0.119 e. The number of hydrogen-bond donors (Lipinski definition) is 1. The summed E-state index contributed by atoms with van der Waals surface area (Å²) in [7, 11) is 0. The molecular weight excluding hydrogens is 488 g/mol. The predicted molar refractivity (Wildman–Crippen MR) is 148 cm³/mol. The Morgan fingerprint density at radius 3 is 1.69 bits per heavy atom. The van der Waals surface area contributed by atoms with E-state index in [-0.39, 0.29) is 11.2 Å². The van der Waals surface area contributed by atoms with Gasteiger partial charge in [-0.25, -0.2) is 0 Å². The third kappa shape index (κ3) is 8.70. The van der Waals surface area contributed by atoms with Gasteiger partial charge >= 0.3 is 0 Å². The third-order valence-corrected chi connectivity index (χ3v) is 7.54. The van der Waals surface area contributed by atoms with Crippen molar-refractivity contribution in [3.8, 4) is 17.2 Å². The summed E-state index contributed by atoms with van der Waals surface area (Å²) < 4.78 is 17.2. The maximum absolute atomic E-state index is 9.38. The first-order chi connectivity index (χ1) is 17.4. The van der Waals surface area contributed by atoms with Gasteiger partial charge in [-0.15, -0.1) is 0 Å². The van der Waals surface area contributed by atoms with Crippen molar-refractivity contribution in [2.45, 2.75) is 35.0 Å². The van der Waals surface area contributed by atoms with Crippen LogP contribution in [0.25, 0.3) is 0 Å². The molecular formula is C30H32O4S2. The highest BCUT2D eigenvalue weighted by Crippen LogP contribution is 2.36. The number of rotatable bonds is 12. The lowest BCUT2D eigenvalue weighted by atomic mass is 9.86. The first-order valence-electron chi connectivity index (χ1n) is 12.0.